The molecule has 0 unspecified atom stereocenters. The zero-order valence-corrected chi connectivity index (χ0v) is 9.64. The van der Waals surface area contributed by atoms with Crippen LogP contribution in [0.25, 0.3) is 0 Å². The average Bonchev–Trinajstić information content (AvgIpc) is 2.72. The van der Waals surface area contributed by atoms with Gasteiger partial charge in [0.05, 0.1) is 25.5 Å². The number of halogens is 1. The van der Waals surface area contributed by atoms with Crippen LogP contribution in [0.4, 0.5) is 10.1 Å². The Bertz CT molecular complexity index is 512. The molecule has 0 amide bonds. The SMILES string of the molecule is COc1ccc(NCc2cnnn2C)cc1F. The van der Waals surface area contributed by atoms with Crippen LogP contribution in [-0.4, -0.2) is 22.1 Å². The Morgan fingerprint density at radius 2 is 2.29 bits per heavy atom. The van der Waals surface area contributed by atoms with Crippen molar-refractivity contribution in [1.29, 1.82) is 0 Å². The van der Waals surface area contributed by atoms with Gasteiger partial charge < -0.3 is 10.1 Å². The molecule has 1 N–H and O–H groups in total. The van der Waals surface area contributed by atoms with Crippen molar-refractivity contribution in [3.63, 3.8) is 0 Å². The van der Waals surface area contributed by atoms with Crippen molar-refractivity contribution in [3.05, 3.63) is 35.9 Å². The zero-order chi connectivity index (χ0) is 12.3. The Morgan fingerprint density at radius 1 is 1.47 bits per heavy atom. The maximum Gasteiger partial charge on any atom is 0.167 e. The molecule has 90 valence electrons. The van der Waals surface area contributed by atoms with Crippen molar-refractivity contribution >= 4 is 5.69 Å². The molecular formula is C11H13FN4O. The van der Waals surface area contributed by atoms with E-state index in [9.17, 15) is 4.39 Å². The summed E-state index contributed by atoms with van der Waals surface area (Å²) in [6.07, 6.45) is 1.66. The molecule has 0 spiro atoms. The lowest BCUT2D eigenvalue weighted by molar-refractivity contribution is 0.386. The molecule has 0 saturated heterocycles. The molecule has 5 nitrogen and oxygen atoms in total. The van der Waals surface area contributed by atoms with E-state index in [1.54, 1.807) is 30.1 Å². The van der Waals surface area contributed by atoms with Crippen LogP contribution in [0.2, 0.25) is 0 Å². The number of methoxy groups -OCH3 is 1. The van der Waals surface area contributed by atoms with Crippen LogP contribution in [0.3, 0.4) is 0 Å². The van der Waals surface area contributed by atoms with E-state index in [4.69, 9.17) is 4.74 Å². The maximum atomic E-state index is 13.4. The first kappa shape index (κ1) is 11.4. The molecular weight excluding hydrogens is 223 g/mol. The van der Waals surface area contributed by atoms with Crippen LogP contribution in [0.5, 0.6) is 5.75 Å². The molecule has 17 heavy (non-hydrogen) atoms. The summed E-state index contributed by atoms with van der Waals surface area (Å²) in [7, 11) is 3.24. The molecule has 1 aromatic carbocycles. The van der Waals surface area contributed by atoms with E-state index in [0.717, 1.165) is 5.69 Å². The zero-order valence-electron chi connectivity index (χ0n) is 9.64. The fraction of sp³-hybridized carbons (Fsp3) is 0.273. The van der Waals surface area contributed by atoms with E-state index in [-0.39, 0.29) is 11.6 Å². The van der Waals surface area contributed by atoms with E-state index in [1.807, 2.05) is 0 Å². The van der Waals surface area contributed by atoms with Gasteiger partial charge in [0.15, 0.2) is 11.6 Å². The Labute approximate surface area is 98.2 Å². The summed E-state index contributed by atoms with van der Waals surface area (Å²) in [5.74, 6) is -0.154. The van der Waals surface area contributed by atoms with Gasteiger partial charge in [-0.2, -0.15) is 0 Å². The average molecular weight is 236 g/mol. The molecule has 2 aromatic rings. The summed E-state index contributed by atoms with van der Waals surface area (Å²) >= 11 is 0. The predicted molar refractivity (Wildman–Crippen MR) is 61.3 cm³/mol. The van der Waals surface area contributed by atoms with Crippen molar-refractivity contribution < 1.29 is 9.13 Å². The second-order valence-corrected chi connectivity index (χ2v) is 3.55. The Balaban J connectivity index is 2.05. The van der Waals surface area contributed by atoms with Gasteiger partial charge in [-0.1, -0.05) is 5.21 Å². The first-order valence-electron chi connectivity index (χ1n) is 5.11. The van der Waals surface area contributed by atoms with Crippen LogP contribution in [0, 0.1) is 5.82 Å². The molecule has 0 radical (unpaired) electrons. The van der Waals surface area contributed by atoms with E-state index in [0.29, 0.717) is 12.2 Å². The molecule has 6 heteroatoms. The van der Waals surface area contributed by atoms with Gasteiger partial charge in [-0.25, -0.2) is 4.39 Å². The minimum atomic E-state index is -0.388. The Hall–Kier alpha value is -2.11. The van der Waals surface area contributed by atoms with Crippen LogP contribution < -0.4 is 10.1 Å². The number of aryl methyl sites for hydroxylation is 1. The Morgan fingerprint density at radius 3 is 2.88 bits per heavy atom. The third-order valence-corrected chi connectivity index (χ3v) is 2.43. The van der Waals surface area contributed by atoms with E-state index in [2.05, 4.69) is 15.6 Å². The van der Waals surface area contributed by atoms with Gasteiger partial charge in [0.1, 0.15) is 0 Å². The lowest BCUT2D eigenvalue weighted by Gasteiger charge is -2.08. The summed E-state index contributed by atoms with van der Waals surface area (Å²) in [4.78, 5) is 0. The summed E-state index contributed by atoms with van der Waals surface area (Å²) < 4.78 is 19.9. The molecule has 1 heterocycles. The fourth-order valence-electron chi connectivity index (χ4n) is 1.44. The van der Waals surface area contributed by atoms with Gasteiger partial charge >= 0.3 is 0 Å². The number of ether oxygens (including phenoxy) is 1. The highest BCUT2D eigenvalue weighted by atomic mass is 19.1. The molecule has 0 aliphatic heterocycles. The summed E-state index contributed by atoms with van der Waals surface area (Å²) in [5, 5.41) is 10.6. The Kier molecular flexibility index (Phi) is 3.22. The molecule has 2 rings (SSSR count). The summed E-state index contributed by atoms with van der Waals surface area (Å²) in [6, 6.07) is 4.73. The first-order chi connectivity index (χ1) is 8.20. The second kappa shape index (κ2) is 4.82. The van der Waals surface area contributed by atoms with Gasteiger partial charge in [-0.3, -0.25) is 4.68 Å². The smallest absolute Gasteiger partial charge is 0.167 e. The van der Waals surface area contributed by atoms with Gasteiger partial charge in [-0.05, 0) is 12.1 Å². The molecule has 0 bridgehead atoms. The second-order valence-electron chi connectivity index (χ2n) is 3.55. The molecule has 0 saturated carbocycles. The molecule has 0 aliphatic carbocycles. The van der Waals surface area contributed by atoms with Crippen LogP contribution in [0.1, 0.15) is 5.69 Å². The topological polar surface area (TPSA) is 52.0 Å². The van der Waals surface area contributed by atoms with Crippen LogP contribution >= 0.6 is 0 Å². The summed E-state index contributed by atoms with van der Waals surface area (Å²) in [5.41, 5.74) is 1.60. The van der Waals surface area contributed by atoms with Crippen LogP contribution in [-0.2, 0) is 13.6 Å². The number of hydrogen-bond donors (Lipinski definition) is 1. The highest BCUT2D eigenvalue weighted by molar-refractivity contribution is 5.47. The van der Waals surface area contributed by atoms with E-state index in [1.165, 1.54) is 13.2 Å². The number of aromatic nitrogens is 3. The standard InChI is InChI=1S/C11H13FN4O/c1-16-9(7-14-15-16)6-13-8-3-4-11(17-2)10(12)5-8/h3-5,7,13H,6H2,1-2H3. The van der Waals surface area contributed by atoms with Crippen LogP contribution in [0.15, 0.2) is 24.4 Å². The minimum Gasteiger partial charge on any atom is -0.494 e. The maximum absolute atomic E-state index is 13.4. The highest BCUT2D eigenvalue weighted by Crippen LogP contribution is 2.20. The lowest BCUT2D eigenvalue weighted by Crippen LogP contribution is -2.05. The number of anilines is 1. The molecule has 1 aromatic heterocycles. The van der Waals surface area contributed by atoms with Gasteiger partial charge in [-0.15, -0.1) is 5.10 Å². The van der Waals surface area contributed by atoms with Crippen molar-refractivity contribution in [1.82, 2.24) is 15.0 Å². The summed E-state index contributed by atoms with van der Waals surface area (Å²) in [6.45, 7) is 0.537. The monoisotopic (exact) mass is 236 g/mol. The first-order valence-corrected chi connectivity index (χ1v) is 5.11. The van der Waals surface area contributed by atoms with Crippen molar-refractivity contribution in [2.75, 3.05) is 12.4 Å². The molecule has 0 aliphatic rings. The van der Waals surface area contributed by atoms with Gasteiger partial charge in [0.25, 0.3) is 0 Å². The number of nitrogens with zero attached hydrogens (tertiary/aromatic N) is 3. The van der Waals surface area contributed by atoms with Gasteiger partial charge in [0, 0.05) is 18.8 Å². The fourth-order valence-corrected chi connectivity index (χ4v) is 1.44. The minimum absolute atomic E-state index is 0.234. The third-order valence-electron chi connectivity index (χ3n) is 2.43. The molecule has 0 atom stereocenters. The normalized spacial score (nSPS) is 10.3. The number of benzene rings is 1. The highest BCUT2D eigenvalue weighted by Gasteiger charge is 2.04. The van der Waals surface area contributed by atoms with Crippen molar-refractivity contribution in [2.45, 2.75) is 6.54 Å². The number of hydrogen-bond acceptors (Lipinski definition) is 4. The van der Waals surface area contributed by atoms with Crippen molar-refractivity contribution in [3.8, 4) is 5.75 Å². The van der Waals surface area contributed by atoms with E-state index >= 15 is 0 Å². The van der Waals surface area contributed by atoms with Gasteiger partial charge in [0.2, 0.25) is 0 Å². The number of nitrogens with one attached hydrogen (secondary N) is 1. The third kappa shape index (κ3) is 2.52. The van der Waals surface area contributed by atoms with Crippen molar-refractivity contribution in [2.24, 2.45) is 7.05 Å². The predicted octanol–water partition coefficient (Wildman–Crippen LogP) is 1.57. The molecule has 0 fully saturated rings. The largest absolute Gasteiger partial charge is 0.494 e. The quantitative estimate of drug-likeness (QED) is 0.875. The van der Waals surface area contributed by atoms with E-state index < -0.39 is 0 Å². The number of rotatable bonds is 4. The lowest BCUT2D eigenvalue weighted by atomic mass is 10.3.